The molecule has 0 saturated carbocycles. The molecule has 27 heavy (non-hydrogen) atoms. The third kappa shape index (κ3) is 4.18. The Labute approximate surface area is 159 Å². The first-order valence-corrected chi connectivity index (χ1v) is 9.94. The molecule has 2 aromatic rings. The molecule has 7 nitrogen and oxygen atoms in total. The SMILES string of the molecule is Cc1cc(-c2cncnc2[C@H]2CCCN(CC(=O)N3CCCCC3)C2)on1. The van der Waals surface area contributed by atoms with E-state index in [4.69, 9.17) is 4.52 Å². The summed E-state index contributed by atoms with van der Waals surface area (Å²) in [4.78, 5) is 25.7. The van der Waals surface area contributed by atoms with Crippen LogP contribution in [0.5, 0.6) is 0 Å². The van der Waals surface area contributed by atoms with Crippen LogP contribution in [-0.2, 0) is 4.79 Å². The first-order chi connectivity index (χ1) is 13.2. The smallest absolute Gasteiger partial charge is 0.236 e. The van der Waals surface area contributed by atoms with Crippen molar-refractivity contribution in [1.82, 2.24) is 24.9 Å². The van der Waals surface area contributed by atoms with Crippen molar-refractivity contribution < 1.29 is 9.32 Å². The van der Waals surface area contributed by atoms with Crippen molar-refractivity contribution in [3.63, 3.8) is 0 Å². The predicted octanol–water partition coefficient (Wildman–Crippen LogP) is 2.63. The van der Waals surface area contributed by atoms with Crippen LogP contribution in [-0.4, -0.2) is 63.6 Å². The molecule has 2 aliphatic rings. The van der Waals surface area contributed by atoms with Gasteiger partial charge in [0.1, 0.15) is 6.33 Å². The summed E-state index contributed by atoms with van der Waals surface area (Å²) in [6.07, 6.45) is 9.04. The standard InChI is InChI=1S/C20H27N5O2/c1-15-10-18(27-23-15)17-11-21-14-22-20(17)16-6-5-7-24(12-16)13-19(26)25-8-3-2-4-9-25/h10-11,14,16H,2-9,12-13H2,1H3/t16-/m0/s1. The monoisotopic (exact) mass is 369 g/mol. The van der Waals surface area contributed by atoms with E-state index in [0.717, 1.165) is 68.8 Å². The summed E-state index contributed by atoms with van der Waals surface area (Å²) in [7, 11) is 0. The van der Waals surface area contributed by atoms with Crippen LogP contribution in [0.25, 0.3) is 11.3 Å². The average Bonchev–Trinajstić information content (AvgIpc) is 3.15. The minimum atomic E-state index is 0.268. The van der Waals surface area contributed by atoms with E-state index >= 15 is 0 Å². The number of hydrogen-bond donors (Lipinski definition) is 0. The predicted molar refractivity (Wildman–Crippen MR) is 101 cm³/mol. The molecule has 144 valence electrons. The molecule has 0 spiro atoms. The minimum absolute atomic E-state index is 0.268. The number of aromatic nitrogens is 3. The topological polar surface area (TPSA) is 75.4 Å². The van der Waals surface area contributed by atoms with E-state index in [9.17, 15) is 4.79 Å². The van der Waals surface area contributed by atoms with E-state index in [0.29, 0.717) is 12.3 Å². The molecule has 1 amide bonds. The van der Waals surface area contributed by atoms with Crippen molar-refractivity contribution >= 4 is 5.91 Å². The summed E-state index contributed by atoms with van der Waals surface area (Å²) in [6, 6.07) is 1.92. The van der Waals surface area contributed by atoms with Crippen LogP contribution in [0.3, 0.4) is 0 Å². The van der Waals surface area contributed by atoms with E-state index in [1.165, 1.54) is 6.42 Å². The molecule has 4 rings (SSSR count). The largest absolute Gasteiger partial charge is 0.356 e. The normalized spacial score (nSPS) is 21.4. The number of rotatable bonds is 4. The Balaban J connectivity index is 1.46. The zero-order valence-corrected chi connectivity index (χ0v) is 15.9. The van der Waals surface area contributed by atoms with Crippen LogP contribution in [0, 0.1) is 6.92 Å². The Morgan fingerprint density at radius 2 is 2.07 bits per heavy atom. The van der Waals surface area contributed by atoms with E-state index in [2.05, 4.69) is 20.0 Å². The highest BCUT2D eigenvalue weighted by atomic mass is 16.5. The Hall–Kier alpha value is -2.28. The van der Waals surface area contributed by atoms with Crippen molar-refractivity contribution in [1.29, 1.82) is 0 Å². The lowest BCUT2D eigenvalue weighted by molar-refractivity contribution is -0.133. The van der Waals surface area contributed by atoms with Gasteiger partial charge in [0.15, 0.2) is 5.76 Å². The first-order valence-electron chi connectivity index (χ1n) is 9.94. The second-order valence-corrected chi connectivity index (χ2v) is 7.67. The van der Waals surface area contributed by atoms with Crippen LogP contribution >= 0.6 is 0 Å². The lowest BCUT2D eigenvalue weighted by Gasteiger charge is -2.34. The van der Waals surface area contributed by atoms with Gasteiger partial charge in [-0.05, 0) is 45.6 Å². The maximum atomic E-state index is 12.6. The third-order valence-electron chi connectivity index (χ3n) is 5.60. The number of nitrogens with zero attached hydrogens (tertiary/aromatic N) is 5. The number of amides is 1. The second-order valence-electron chi connectivity index (χ2n) is 7.67. The fraction of sp³-hybridized carbons (Fsp3) is 0.600. The zero-order valence-electron chi connectivity index (χ0n) is 15.9. The second kappa shape index (κ2) is 8.17. The fourth-order valence-corrected chi connectivity index (χ4v) is 4.20. The summed E-state index contributed by atoms with van der Waals surface area (Å²) in [5.74, 6) is 1.25. The Bertz CT molecular complexity index is 784. The van der Waals surface area contributed by atoms with Gasteiger partial charge >= 0.3 is 0 Å². The van der Waals surface area contributed by atoms with Crippen LogP contribution < -0.4 is 0 Å². The highest BCUT2D eigenvalue weighted by molar-refractivity contribution is 5.78. The van der Waals surface area contributed by atoms with Crippen molar-refractivity contribution in [2.75, 3.05) is 32.7 Å². The van der Waals surface area contributed by atoms with E-state index in [1.807, 2.05) is 17.9 Å². The van der Waals surface area contributed by atoms with Gasteiger partial charge in [0, 0.05) is 37.8 Å². The molecule has 0 radical (unpaired) electrons. The number of carbonyl (C=O) groups is 1. The number of hydrogen-bond acceptors (Lipinski definition) is 6. The fourth-order valence-electron chi connectivity index (χ4n) is 4.20. The lowest BCUT2D eigenvalue weighted by Crippen LogP contribution is -2.45. The summed E-state index contributed by atoms with van der Waals surface area (Å²) in [5, 5.41) is 3.99. The number of aryl methyl sites for hydroxylation is 1. The zero-order chi connectivity index (χ0) is 18.6. The molecular formula is C20H27N5O2. The maximum Gasteiger partial charge on any atom is 0.236 e. The molecule has 2 saturated heterocycles. The average molecular weight is 369 g/mol. The van der Waals surface area contributed by atoms with Crippen molar-refractivity contribution in [2.45, 2.75) is 44.9 Å². The van der Waals surface area contributed by atoms with Gasteiger partial charge in [0.25, 0.3) is 0 Å². The van der Waals surface area contributed by atoms with Crippen molar-refractivity contribution in [3.05, 3.63) is 30.0 Å². The summed E-state index contributed by atoms with van der Waals surface area (Å²) in [6.45, 7) is 6.06. The van der Waals surface area contributed by atoms with E-state index in [1.54, 1.807) is 12.5 Å². The molecule has 0 aliphatic carbocycles. The van der Waals surface area contributed by atoms with Gasteiger partial charge in [-0.1, -0.05) is 5.16 Å². The summed E-state index contributed by atoms with van der Waals surface area (Å²) < 4.78 is 5.45. The van der Waals surface area contributed by atoms with Crippen LogP contribution in [0.15, 0.2) is 23.1 Å². The maximum absolute atomic E-state index is 12.6. The Kier molecular flexibility index (Phi) is 5.48. The molecule has 0 bridgehead atoms. The first kappa shape index (κ1) is 18.1. The highest BCUT2D eigenvalue weighted by Gasteiger charge is 2.28. The molecular weight excluding hydrogens is 342 g/mol. The number of piperidine rings is 2. The number of likely N-dealkylation sites (tertiary alicyclic amines) is 2. The Morgan fingerprint density at radius 1 is 1.22 bits per heavy atom. The van der Waals surface area contributed by atoms with Crippen molar-refractivity contribution in [3.8, 4) is 11.3 Å². The van der Waals surface area contributed by atoms with Gasteiger partial charge in [-0.15, -0.1) is 0 Å². The molecule has 2 aliphatic heterocycles. The summed E-state index contributed by atoms with van der Waals surface area (Å²) >= 11 is 0. The van der Waals surface area contributed by atoms with E-state index in [-0.39, 0.29) is 11.8 Å². The highest BCUT2D eigenvalue weighted by Crippen LogP contribution is 2.32. The Morgan fingerprint density at radius 3 is 2.85 bits per heavy atom. The molecule has 0 aromatic carbocycles. The summed E-state index contributed by atoms with van der Waals surface area (Å²) in [5.41, 5.74) is 2.75. The van der Waals surface area contributed by atoms with Gasteiger partial charge in [-0.2, -0.15) is 0 Å². The third-order valence-corrected chi connectivity index (χ3v) is 5.60. The van der Waals surface area contributed by atoms with Crippen molar-refractivity contribution in [2.24, 2.45) is 0 Å². The van der Waals surface area contributed by atoms with Gasteiger partial charge in [0.05, 0.1) is 23.5 Å². The van der Waals surface area contributed by atoms with Gasteiger partial charge in [-0.3, -0.25) is 9.69 Å². The van der Waals surface area contributed by atoms with Crippen LogP contribution in [0.4, 0.5) is 0 Å². The van der Waals surface area contributed by atoms with E-state index < -0.39 is 0 Å². The van der Waals surface area contributed by atoms with Gasteiger partial charge < -0.3 is 9.42 Å². The molecule has 7 heteroatoms. The van der Waals surface area contributed by atoms with Gasteiger partial charge in [0.2, 0.25) is 5.91 Å². The number of carbonyl (C=O) groups excluding carboxylic acids is 1. The molecule has 0 N–H and O–H groups in total. The molecule has 2 fully saturated rings. The quantitative estimate of drug-likeness (QED) is 0.825. The molecule has 1 atom stereocenters. The van der Waals surface area contributed by atoms with Gasteiger partial charge in [-0.25, -0.2) is 9.97 Å². The lowest BCUT2D eigenvalue weighted by atomic mass is 9.91. The molecule has 0 unspecified atom stereocenters. The van der Waals surface area contributed by atoms with Crippen LogP contribution in [0.1, 0.15) is 49.4 Å². The van der Waals surface area contributed by atoms with Crippen LogP contribution in [0.2, 0.25) is 0 Å². The molecule has 2 aromatic heterocycles. The molecule has 4 heterocycles. The minimum Gasteiger partial charge on any atom is -0.356 e.